The quantitative estimate of drug-likeness (QED) is 0.210. The Morgan fingerprint density at radius 1 is 1.00 bits per heavy atom. The summed E-state index contributed by atoms with van der Waals surface area (Å²) in [6.45, 7) is 6.24. The number of amides is 3. The number of carbonyl (C=O) groups excluding carboxylic acids is 4. The largest absolute Gasteiger partial charge is 0.462 e. The Morgan fingerprint density at radius 2 is 1.61 bits per heavy atom. The summed E-state index contributed by atoms with van der Waals surface area (Å²) in [6.07, 6.45) is 5.11. The van der Waals surface area contributed by atoms with E-state index in [1.165, 1.54) is 6.92 Å². The number of nitrogens with zero attached hydrogens (tertiary/aromatic N) is 3. The fourth-order valence-corrected chi connectivity index (χ4v) is 3.15. The first-order valence-electron chi connectivity index (χ1n) is 12.0. The van der Waals surface area contributed by atoms with E-state index in [0.717, 1.165) is 5.69 Å². The highest BCUT2D eigenvalue weighted by Crippen LogP contribution is 2.22. The molecule has 200 valence electrons. The molecule has 11 nitrogen and oxygen atoms in total. The minimum Gasteiger partial charge on any atom is -0.462 e. The number of hydrogen-bond acceptors (Lipinski definition) is 8. The van der Waals surface area contributed by atoms with Gasteiger partial charge in [0.1, 0.15) is 19.2 Å². The number of carbonyl (C=O) groups is 4. The fraction of sp³-hybridized carbons (Fsp3) is 0.333. The van der Waals surface area contributed by atoms with Gasteiger partial charge in [0.05, 0.1) is 24.5 Å². The molecule has 0 fully saturated rings. The van der Waals surface area contributed by atoms with Crippen molar-refractivity contribution in [2.75, 3.05) is 37.7 Å². The van der Waals surface area contributed by atoms with Crippen LogP contribution in [0.5, 0.6) is 0 Å². The van der Waals surface area contributed by atoms with Gasteiger partial charge in [-0.3, -0.25) is 19.2 Å². The number of terminal acetylenes is 1. The molecule has 38 heavy (non-hydrogen) atoms. The zero-order chi connectivity index (χ0) is 27.9. The molecule has 0 bridgehead atoms. The molecule has 0 aliphatic carbocycles. The van der Waals surface area contributed by atoms with Crippen molar-refractivity contribution in [2.24, 2.45) is 10.2 Å². The number of anilines is 1. The molecule has 11 heteroatoms. The van der Waals surface area contributed by atoms with Gasteiger partial charge in [0.2, 0.25) is 11.8 Å². The normalized spacial score (nSPS) is 11.2. The van der Waals surface area contributed by atoms with E-state index in [1.807, 2.05) is 36.1 Å². The molecule has 3 amide bonds. The highest BCUT2D eigenvalue weighted by Gasteiger charge is 2.16. The highest BCUT2D eigenvalue weighted by molar-refractivity contribution is 5.97. The summed E-state index contributed by atoms with van der Waals surface area (Å²) in [7, 11) is 0. The second-order valence-corrected chi connectivity index (χ2v) is 8.09. The minimum absolute atomic E-state index is 0.0948. The lowest BCUT2D eigenvalue weighted by atomic mass is 10.2. The lowest BCUT2D eigenvalue weighted by Gasteiger charge is -2.23. The van der Waals surface area contributed by atoms with Crippen molar-refractivity contribution in [3.63, 3.8) is 0 Å². The van der Waals surface area contributed by atoms with Gasteiger partial charge in [-0.2, -0.15) is 10.2 Å². The van der Waals surface area contributed by atoms with Crippen molar-refractivity contribution < 1.29 is 23.9 Å². The van der Waals surface area contributed by atoms with Crippen LogP contribution in [-0.2, 0) is 19.1 Å². The third-order valence-electron chi connectivity index (χ3n) is 5.22. The molecule has 0 saturated heterocycles. The Hall–Kier alpha value is -4.72. The molecule has 0 aliphatic rings. The Bertz CT molecular complexity index is 1170. The van der Waals surface area contributed by atoms with Crippen LogP contribution in [0.2, 0.25) is 0 Å². The van der Waals surface area contributed by atoms with Crippen LogP contribution in [0, 0.1) is 12.3 Å². The molecular formula is C27H32N6O5. The van der Waals surface area contributed by atoms with Crippen molar-refractivity contribution >= 4 is 40.8 Å². The molecule has 1 atom stereocenters. The first-order chi connectivity index (χ1) is 18.2. The van der Waals surface area contributed by atoms with Gasteiger partial charge in [-0.1, -0.05) is 5.92 Å². The third kappa shape index (κ3) is 10.1. The van der Waals surface area contributed by atoms with Crippen molar-refractivity contribution in [1.29, 1.82) is 0 Å². The van der Waals surface area contributed by atoms with Crippen molar-refractivity contribution in [2.45, 2.75) is 26.8 Å². The average Bonchev–Trinajstić information content (AvgIpc) is 2.92. The van der Waals surface area contributed by atoms with E-state index < -0.39 is 17.9 Å². The van der Waals surface area contributed by atoms with Crippen LogP contribution < -0.4 is 20.9 Å². The monoisotopic (exact) mass is 520 g/mol. The van der Waals surface area contributed by atoms with Crippen LogP contribution in [0.1, 0.15) is 31.1 Å². The van der Waals surface area contributed by atoms with Gasteiger partial charge in [0, 0.05) is 24.7 Å². The molecule has 0 aromatic heterocycles. The molecule has 2 aromatic rings. The maximum atomic E-state index is 12.4. The minimum atomic E-state index is -0.730. The Kier molecular flexibility index (Phi) is 12.0. The maximum Gasteiger partial charge on any atom is 0.325 e. The van der Waals surface area contributed by atoms with E-state index >= 15 is 0 Å². The van der Waals surface area contributed by atoms with Crippen LogP contribution in [0.4, 0.5) is 17.1 Å². The standard InChI is InChI=1S/C27H32N6O5/c1-5-15-28-26(36)19(3)30-27(37)21-7-9-22(10-8-21)31-32-23-11-13-24(14-12-23)33(6-2)16-17-38-25(35)18-29-20(4)34/h1,7-14,19H,6,15-18H2,2-4H3,(H,28,36)(H,29,34)(H,30,37)/t19-/m0/s1. The van der Waals surface area contributed by atoms with Crippen LogP contribution in [0.3, 0.4) is 0 Å². The first-order valence-corrected chi connectivity index (χ1v) is 12.0. The highest BCUT2D eigenvalue weighted by atomic mass is 16.5. The summed E-state index contributed by atoms with van der Waals surface area (Å²) < 4.78 is 5.15. The summed E-state index contributed by atoms with van der Waals surface area (Å²) in [5.74, 6) is 0.772. The van der Waals surface area contributed by atoms with E-state index in [-0.39, 0.29) is 31.5 Å². The van der Waals surface area contributed by atoms with Gasteiger partial charge < -0.3 is 25.6 Å². The molecule has 0 heterocycles. The van der Waals surface area contributed by atoms with Crippen LogP contribution in [0.25, 0.3) is 0 Å². The fourth-order valence-electron chi connectivity index (χ4n) is 3.15. The zero-order valence-corrected chi connectivity index (χ0v) is 21.7. The number of benzene rings is 2. The zero-order valence-electron chi connectivity index (χ0n) is 21.7. The predicted molar refractivity (Wildman–Crippen MR) is 143 cm³/mol. The van der Waals surface area contributed by atoms with Crippen LogP contribution >= 0.6 is 0 Å². The van der Waals surface area contributed by atoms with E-state index in [2.05, 4.69) is 32.1 Å². The van der Waals surface area contributed by atoms with Crippen LogP contribution in [0.15, 0.2) is 58.8 Å². The molecule has 2 rings (SSSR count). The van der Waals surface area contributed by atoms with E-state index in [9.17, 15) is 19.2 Å². The van der Waals surface area contributed by atoms with Gasteiger partial charge in [-0.05, 0) is 62.4 Å². The number of hydrogen-bond donors (Lipinski definition) is 3. The smallest absolute Gasteiger partial charge is 0.325 e. The van der Waals surface area contributed by atoms with E-state index in [1.54, 1.807) is 31.2 Å². The summed E-state index contributed by atoms with van der Waals surface area (Å²) in [5.41, 5.74) is 2.51. The van der Waals surface area contributed by atoms with Gasteiger partial charge in [-0.25, -0.2) is 0 Å². The van der Waals surface area contributed by atoms with E-state index in [0.29, 0.717) is 30.0 Å². The molecule has 3 N–H and O–H groups in total. The molecule has 0 unspecified atom stereocenters. The summed E-state index contributed by atoms with van der Waals surface area (Å²) in [5, 5.41) is 16.0. The lowest BCUT2D eigenvalue weighted by molar-refractivity contribution is -0.143. The summed E-state index contributed by atoms with van der Waals surface area (Å²) in [6, 6.07) is 13.2. The SMILES string of the molecule is C#CCNC(=O)[C@H](C)NC(=O)c1ccc(N=Nc2ccc(N(CC)CCOC(=O)CNC(C)=O)cc2)cc1. The number of azo groups is 1. The van der Waals surface area contributed by atoms with Gasteiger partial charge >= 0.3 is 5.97 Å². The molecular weight excluding hydrogens is 488 g/mol. The molecule has 2 aromatic carbocycles. The Balaban J connectivity index is 1.88. The number of likely N-dealkylation sites (N-methyl/N-ethyl adjacent to an activating group) is 1. The number of esters is 1. The van der Waals surface area contributed by atoms with E-state index in [4.69, 9.17) is 11.2 Å². The van der Waals surface area contributed by atoms with Crippen molar-refractivity contribution in [1.82, 2.24) is 16.0 Å². The number of rotatable bonds is 13. The predicted octanol–water partition coefficient (Wildman–Crippen LogP) is 2.48. The molecule has 0 spiro atoms. The first kappa shape index (κ1) is 29.5. The summed E-state index contributed by atoms with van der Waals surface area (Å²) >= 11 is 0. The molecule has 0 radical (unpaired) electrons. The molecule has 0 aliphatic heterocycles. The van der Waals surface area contributed by atoms with Gasteiger partial charge in [0.15, 0.2) is 0 Å². The number of ether oxygens (including phenoxy) is 1. The second-order valence-electron chi connectivity index (χ2n) is 8.09. The third-order valence-corrected chi connectivity index (χ3v) is 5.22. The van der Waals surface area contributed by atoms with Crippen LogP contribution in [-0.4, -0.2) is 62.5 Å². The number of nitrogens with one attached hydrogen (secondary N) is 3. The van der Waals surface area contributed by atoms with Crippen molar-refractivity contribution in [3.05, 3.63) is 54.1 Å². The summed E-state index contributed by atoms with van der Waals surface area (Å²) in [4.78, 5) is 48.7. The topological polar surface area (TPSA) is 142 Å². The second kappa shape index (κ2) is 15.4. The Labute approximate surface area is 222 Å². The van der Waals surface area contributed by atoms with Gasteiger partial charge in [0.25, 0.3) is 5.91 Å². The Morgan fingerprint density at radius 3 is 2.16 bits per heavy atom. The average molecular weight is 521 g/mol. The maximum absolute atomic E-state index is 12.4. The van der Waals surface area contributed by atoms with Crippen molar-refractivity contribution in [3.8, 4) is 12.3 Å². The van der Waals surface area contributed by atoms with Gasteiger partial charge in [-0.15, -0.1) is 6.42 Å². The molecule has 0 saturated carbocycles. The lowest BCUT2D eigenvalue weighted by Crippen LogP contribution is -2.44.